The molecule has 0 spiro atoms. The third-order valence-electron chi connectivity index (χ3n) is 2.88. The molecule has 1 aromatic carbocycles. The highest BCUT2D eigenvalue weighted by Gasteiger charge is 2.16. The van der Waals surface area contributed by atoms with Crippen LogP contribution in [0, 0.1) is 11.6 Å². The van der Waals surface area contributed by atoms with Crippen LogP contribution in [0.1, 0.15) is 10.4 Å². The molecule has 3 aromatic rings. The van der Waals surface area contributed by atoms with E-state index in [-0.39, 0.29) is 16.5 Å². The van der Waals surface area contributed by atoms with Crippen molar-refractivity contribution in [3.05, 3.63) is 52.2 Å². The molecule has 3 rings (SSSR count). The third kappa shape index (κ3) is 2.04. The van der Waals surface area contributed by atoms with Gasteiger partial charge in [-0.25, -0.2) is 18.6 Å². The lowest BCUT2D eigenvalue weighted by atomic mass is 10.1. The van der Waals surface area contributed by atoms with Crippen molar-refractivity contribution in [1.29, 1.82) is 0 Å². The molecule has 0 bridgehead atoms. The van der Waals surface area contributed by atoms with Crippen LogP contribution >= 0.6 is 11.3 Å². The summed E-state index contributed by atoms with van der Waals surface area (Å²) >= 11 is 1.42. The quantitative estimate of drug-likeness (QED) is 0.778. The Bertz CT molecular complexity index is 816. The maximum absolute atomic E-state index is 13.8. The van der Waals surface area contributed by atoms with E-state index in [0.29, 0.717) is 17.3 Å². The van der Waals surface area contributed by atoms with E-state index in [9.17, 15) is 18.7 Å². The number of aromatic carboxylic acids is 1. The minimum atomic E-state index is -1.25. The summed E-state index contributed by atoms with van der Waals surface area (Å²) in [5.74, 6) is -2.96. The first-order valence-electron chi connectivity index (χ1n) is 5.62. The molecule has 100 valence electrons. The van der Waals surface area contributed by atoms with Crippen molar-refractivity contribution in [2.24, 2.45) is 0 Å². The van der Waals surface area contributed by atoms with Crippen LogP contribution in [0.4, 0.5) is 8.78 Å². The third-order valence-corrected chi connectivity index (χ3v) is 3.56. The number of aromatic nitrogens is 1. The summed E-state index contributed by atoms with van der Waals surface area (Å²) in [6.45, 7) is 0. The smallest absolute Gasteiger partial charge is 0.336 e. The van der Waals surface area contributed by atoms with Gasteiger partial charge in [-0.3, -0.25) is 0 Å². The molecular formula is C14H7F2NO2S. The standard InChI is InChI=1S/C14H7F2NO2S/c15-8-3-9-10(14(18)19)5-12(7-1-2-20-6-7)17-13(9)11(16)4-8/h1-6H,(H,18,19). The largest absolute Gasteiger partial charge is 0.478 e. The number of fused-ring (bicyclic) bond motifs is 1. The van der Waals surface area contributed by atoms with Crippen LogP contribution in [0.15, 0.2) is 35.0 Å². The van der Waals surface area contributed by atoms with Crippen LogP contribution in [0.5, 0.6) is 0 Å². The highest BCUT2D eigenvalue weighted by atomic mass is 32.1. The van der Waals surface area contributed by atoms with Crippen molar-refractivity contribution < 1.29 is 18.7 Å². The fourth-order valence-electron chi connectivity index (χ4n) is 1.99. The van der Waals surface area contributed by atoms with Gasteiger partial charge >= 0.3 is 5.97 Å². The number of benzene rings is 1. The predicted molar refractivity (Wildman–Crippen MR) is 71.9 cm³/mol. The number of carboxylic acids is 1. The number of carbonyl (C=O) groups is 1. The van der Waals surface area contributed by atoms with Gasteiger partial charge in [0.05, 0.1) is 11.3 Å². The molecule has 0 fully saturated rings. The van der Waals surface area contributed by atoms with Gasteiger partial charge in [-0.2, -0.15) is 11.3 Å². The molecule has 3 nitrogen and oxygen atoms in total. The van der Waals surface area contributed by atoms with Gasteiger partial charge in [-0.15, -0.1) is 0 Å². The Kier molecular flexibility index (Phi) is 2.94. The van der Waals surface area contributed by atoms with Crippen molar-refractivity contribution in [2.75, 3.05) is 0 Å². The minimum Gasteiger partial charge on any atom is -0.478 e. The topological polar surface area (TPSA) is 50.2 Å². The van der Waals surface area contributed by atoms with E-state index in [4.69, 9.17) is 0 Å². The van der Waals surface area contributed by atoms with Gasteiger partial charge in [0.15, 0.2) is 5.82 Å². The van der Waals surface area contributed by atoms with Crippen molar-refractivity contribution in [3.63, 3.8) is 0 Å². The number of pyridine rings is 1. The highest BCUT2D eigenvalue weighted by Crippen LogP contribution is 2.28. The molecule has 0 unspecified atom stereocenters. The number of carboxylic acid groups (broad SMARTS) is 1. The van der Waals surface area contributed by atoms with Crippen molar-refractivity contribution >= 4 is 28.2 Å². The molecule has 2 aromatic heterocycles. The van der Waals surface area contributed by atoms with E-state index in [1.807, 2.05) is 5.38 Å². The van der Waals surface area contributed by atoms with Crippen LogP contribution in [-0.4, -0.2) is 16.1 Å². The number of hydrogen-bond donors (Lipinski definition) is 1. The number of rotatable bonds is 2. The van der Waals surface area contributed by atoms with Crippen LogP contribution in [0.2, 0.25) is 0 Å². The van der Waals surface area contributed by atoms with Gasteiger partial charge in [-0.1, -0.05) is 0 Å². The zero-order valence-corrected chi connectivity index (χ0v) is 10.7. The van der Waals surface area contributed by atoms with E-state index in [2.05, 4.69) is 4.98 Å². The molecule has 0 aliphatic heterocycles. The van der Waals surface area contributed by atoms with E-state index in [0.717, 1.165) is 6.07 Å². The molecular weight excluding hydrogens is 284 g/mol. The number of hydrogen-bond acceptors (Lipinski definition) is 3. The SMILES string of the molecule is O=C(O)c1cc(-c2ccsc2)nc2c(F)cc(F)cc12. The van der Waals surface area contributed by atoms with Crippen LogP contribution < -0.4 is 0 Å². The molecule has 0 radical (unpaired) electrons. The van der Waals surface area contributed by atoms with E-state index >= 15 is 0 Å². The molecule has 0 aliphatic rings. The summed E-state index contributed by atoms with van der Waals surface area (Å²) in [5.41, 5.74) is 0.729. The maximum atomic E-state index is 13.8. The first kappa shape index (κ1) is 12.7. The molecule has 0 aliphatic carbocycles. The normalized spacial score (nSPS) is 10.9. The maximum Gasteiger partial charge on any atom is 0.336 e. The van der Waals surface area contributed by atoms with Gasteiger partial charge in [-0.05, 0) is 23.6 Å². The Morgan fingerprint density at radius 3 is 2.70 bits per heavy atom. The number of thiophene rings is 1. The second-order valence-electron chi connectivity index (χ2n) is 4.16. The van der Waals surface area contributed by atoms with E-state index < -0.39 is 17.6 Å². The molecule has 0 saturated carbocycles. The van der Waals surface area contributed by atoms with Crippen molar-refractivity contribution in [1.82, 2.24) is 4.98 Å². The van der Waals surface area contributed by atoms with Crippen LogP contribution in [-0.2, 0) is 0 Å². The van der Waals surface area contributed by atoms with Crippen LogP contribution in [0.25, 0.3) is 22.2 Å². The Labute approximate surface area is 116 Å². The van der Waals surface area contributed by atoms with Gasteiger partial charge in [0.2, 0.25) is 0 Å². The molecule has 6 heteroatoms. The molecule has 0 atom stereocenters. The number of nitrogens with zero attached hydrogens (tertiary/aromatic N) is 1. The van der Waals surface area contributed by atoms with Crippen molar-refractivity contribution in [2.45, 2.75) is 0 Å². The zero-order valence-electron chi connectivity index (χ0n) is 9.93. The predicted octanol–water partition coefficient (Wildman–Crippen LogP) is 3.94. The average Bonchev–Trinajstić information content (AvgIpc) is 2.91. The lowest BCUT2D eigenvalue weighted by molar-refractivity contribution is 0.0699. The molecule has 1 N–H and O–H groups in total. The van der Waals surface area contributed by atoms with Crippen molar-refractivity contribution in [3.8, 4) is 11.3 Å². The van der Waals surface area contributed by atoms with Gasteiger partial charge < -0.3 is 5.11 Å². The molecule has 0 amide bonds. The Hall–Kier alpha value is -2.34. The lowest BCUT2D eigenvalue weighted by Crippen LogP contribution is -2.02. The molecule has 2 heterocycles. The molecule has 0 saturated heterocycles. The fraction of sp³-hybridized carbons (Fsp3) is 0. The molecule has 20 heavy (non-hydrogen) atoms. The fourth-order valence-corrected chi connectivity index (χ4v) is 2.64. The Morgan fingerprint density at radius 1 is 1.25 bits per heavy atom. The summed E-state index contributed by atoms with van der Waals surface area (Å²) in [6.07, 6.45) is 0. The summed E-state index contributed by atoms with van der Waals surface area (Å²) in [6, 6.07) is 4.75. The highest BCUT2D eigenvalue weighted by molar-refractivity contribution is 7.08. The summed E-state index contributed by atoms with van der Waals surface area (Å²) in [5, 5.41) is 12.8. The van der Waals surface area contributed by atoms with Gasteiger partial charge in [0.1, 0.15) is 11.3 Å². The number of halogens is 2. The minimum absolute atomic E-state index is 0.0472. The Morgan fingerprint density at radius 2 is 2.05 bits per heavy atom. The zero-order chi connectivity index (χ0) is 14.3. The van der Waals surface area contributed by atoms with E-state index in [1.165, 1.54) is 17.4 Å². The monoisotopic (exact) mass is 291 g/mol. The van der Waals surface area contributed by atoms with Gasteiger partial charge in [0.25, 0.3) is 0 Å². The lowest BCUT2D eigenvalue weighted by Gasteiger charge is -2.07. The second kappa shape index (κ2) is 4.64. The van der Waals surface area contributed by atoms with Gasteiger partial charge in [0, 0.05) is 22.4 Å². The van der Waals surface area contributed by atoms with E-state index in [1.54, 1.807) is 11.4 Å². The average molecular weight is 291 g/mol. The Balaban J connectivity index is 2.40. The summed E-state index contributed by atoms with van der Waals surface area (Å²) in [7, 11) is 0. The first-order chi connectivity index (χ1) is 9.56. The summed E-state index contributed by atoms with van der Waals surface area (Å²) < 4.78 is 27.1. The van der Waals surface area contributed by atoms with Crippen LogP contribution in [0.3, 0.4) is 0 Å². The first-order valence-corrected chi connectivity index (χ1v) is 6.56. The second-order valence-corrected chi connectivity index (χ2v) is 4.94. The summed E-state index contributed by atoms with van der Waals surface area (Å²) in [4.78, 5) is 15.4.